The third kappa shape index (κ3) is 2.27. The quantitative estimate of drug-likeness (QED) is 0.733. The highest BCUT2D eigenvalue weighted by Crippen LogP contribution is 2.37. The number of hydrogen-bond donors (Lipinski definition) is 3. The molecule has 5 N–H and O–H groups in total. The highest BCUT2D eigenvalue weighted by molar-refractivity contribution is 7.99. The molecule has 0 aromatic carbocycles. The molecule has 0 bridgehead atoms. The third-order valence-corrected chi connectivity index (χ3v) is 3.90. The minimum absolute atomic E-state index is 0.176. The van der Waals surface area contributed by atoms with Gasteiger partial charge in [-0.15, -0.1) is 5.10 Å². The van der Waals surface area contributed by atoms with E-state index in [0.717, 1.165) is 24.6 Å². The average Bonchev–Trinajstić information content (AvgIpc) is 3.17. The molecule has 0 unspecified atom stereocenters. The van der Waals surface area contributed by atoms with Crippen molar-refractivity contribution in [1.29, 1.82) is 0 Å². The van der Waals surface area contributed by atoms with Gasteiger partial charge in [-0.1, -0.05) is 0 Å². The van der Waals surface area contributed by atoms with Gasteiger partial charge < -0.3 is 11.5 Å². The zero-order chi connectivity index (χ0) is 14.3. The zero-order valence-electron chi connectivity index (χ0n) is 10.4. The first-order chi connectivity index (χ1) is 9.56. The number of carbonyl (C=O) groups is 1. The van der Waals surface area contributed by atoms with Crippen LogP contribution in [-0.4, -0.2) is 25.7 Å². The second-order valence-corrected chi connectivity index (χ2v) is 5.46. The molecule has 2 aromatic rings. The van der Waals surface area contributed by atoms with Crippen molar-refractivity contribution >= 4 is 23.4 Å². The first-order valence-corrected chi connectivity index (χ1v) is 6.78. The summed E-state index contributed by atoms with van der Waals surface area (Å²) in [6, 6.07) is 1.64. The number of anilines is 1. The lowest BCUT2D eigenvalue weighted by atomic mass is 10.2. The highest BCUT2D eigenvalue weighted by atomic mass is 32.2. The van der Waals surface area contributed by atoms with Crippen LogP contribution in [0, 0.1) is 0 Å². The molecule has 1 aliphatic rings. The van der Waals surface area contributed by atoms with Gasteiger partial charge in [0.05, 0.1) is 17.4 Å². The maximum absolute atomic E-state index is 11.7. The summed E-state index contributed by atoms with van der Waals surface area (Å²) in [7, 11) is 0. The van der Waals surface area contributed by atoms with Crippen LogP contribution in [0.25, 0.3) is 0 Å². The molecule has 104 valence electrons. The summed E-state index contributed by atoms with van der Waals surface area (Å²) in [6.45, 7) is 0. The van der Waals surface area contributed by atoms with E-state index in [1.165, 1.54) is 12.3 Å². The summed E-state index contributed by atoms with van der Waals surface area (Å²) in [5.41, 5.74) is 11.2. The van der Waals surface area contributed by atoms with Crippen LogP contribution >= 0.6 is 11.8 Å². The Hall–Kier alpha value is -2.29. The Balaban J connectivity index is 1.99. The minimum Gasteiger partial charge on any atom is -0.397 e. The van der Waals surface area contributed by atoms with Crippen molar-refractivity contribution in [2.24, 2.45) is 5.73 Å². The number of amides is 1. The SMILES string of the molecule is NC(=O)c1cc(N)cnc1Sc1n[nH]c(=O)n1C1CC1. The standard InChI is InChI=1S/C11H12N6O2S/c12-5-3-7(8(13)18)9(14-4-5)20-11-16-15-10(19)17(11)6-1-2-6/h3-4,6H,1-2,12H2,(H2,13,18)(H,15,19). The molecule has 0 atom stereocenters. The topological polar surface area (TPSA) is 133 Å². The van der Waals surface area contributed by atoms with Gasteiger partial charge in [-0.25, -0.2) is 14.9 Å². The predicted octanol–water partition coefficient (Wildman–Crippen LogP) is 0.134. The van der Waals surface area contributed by atoms with Crippen molar-refractivity contribution in [1.82, 2.24) is 19.7 Å². The number of rotatable bonds is 4. The summed E-state index contributed by atoms with van der Waals surface area (Å²) >= 11 is 1.12. The molecule has 1 amide bonds. The smallest absolute Gasteiger partial charge is 0.344 e. The van der Waals surface area contributed by atoms with E-state index in [-0.39, 0.29) is 17.3 Å². The Morgan fingerprint density at radius 2 is 2.25 bits per heavy atom. The predicted molar refractivity (Wildman–Crippen MR) is 72.4 cm³/mol. The van der Waals surface area contributed by atoms with Gasteiger partial charge in [0, 0.05) is 6.04 Å². The zero-order valence-corrected chi connectivity index (χ0v) is 11.2. The van der Waals surface area contributed by atoms with Crippen LogP contribution in [-0.2, 0) is 0 Å². The second kappa shape index (κ2) is 4.67. The number of primary amides is 1. The van der Waals surface area contributed by atoms with E-state index in [4.69, 9.17) is 11.5 Å². The fourth-order valence-electron chi connectivity index (χ4n) is 1.83. The lowest BCUT2D eigenvalue weighted by Crippen LogP contribution is -2.16. The monoisotopic (exact) mass is 292 g/mol. The minimum atomic E-state index is -0.622. The van der Waals surface area contributed by atoms with Gasteiger partial charge in [0.1, 0.15) is 5.03 Å². The van der Waals surface area contributed by atoms with Gasteiger partial charge in [-0.2, -0.15) is 0 Å². The van der Waals surface area contributed by atoms with Gasteiger partial charge >= 0.3 is 5.69 Å². The number of carbonyl (C=O) groups excluding carboxylic acids is 1. The van der Waals surface area contributed by atoms with E-state index in [1.54, 1.807) is 4.57 Å². The number of aromatic nitrogens is 4. The van der Waals surface area contributed by atoms with Gasteiger partial charge in [0.15, 0.2) is 5.16 Å². The molecule has 2 heterocycles. The molecule has 0 saturated heterocycles. The number of hydrogen-bond acceptors (Lipinski definition) is 6. The van der Waals surface area contributed by atoms with Crippen LogP contribution in [0.5, 0.6) is 0 Å². The lowest BCUT2D eigenvalue weighted by molar-refractivity contribution is 0.0997. The fourth-order valence-corrected chi connectivity index (χ4v) is 2.80. The van der Waals surface area contributed by atoms with E-state index in [2.05, 4.69) is 15.2 Å². The lowest BCUT2D eigenvalue weighted by Gasteiger charge is -2.06. The largest absolute Gasteiger partial charge is 0.397 e. The summed E-state index contributed by atoms with van der Waals surface area (Å²) in [4.78, 5) is 27.2. The molecule has 3 rings (SSSR count). The van der Waals surface area contributed by atoms with Gasteiger partial charge in [0.2, 0.25) is 0 Å². The molecule has 1 aliphatic carbocycles. The average molecular weight is 292 g/mol. The maximum atomic E-state index is 11.7. The fraction of sp³-hybridized carbons (Fsp3) is 0.273. The summed E-state index contributed by atoms with van der Waals surface area (Å²) < 4.78 is 1.58. The van der Waals surface area contributed by atoms with Gasteiger partial charge in [0.25, 0.3) is 5.91 Å². The molecule has 8 nitrogen and oxygen atoms in total. The van der Waals surface area contributed by atoms with Crippen LogP contribution in [0.15, 0.2) is 27.2 Å². The van der Waals surface area contributed by atoms with Crippen LogP contribution < -0.4 is 17.2 Å². The summed E-state index contributed by atoms with van der Waals surface area (Å²) in [5, 5.41) is 7.22. The van der Waals surface area contributed by atoms with Crippen LogP contribution in [0.2, 0.25) is 0 Å². The number of nitrogens with two attached hydrogens (primary N) is 2. The molecule has 1 fully saturated rings. The first kappa shape index (κ1) is 12.7. The molecular formula is C11H12N6O2S. The van der Waals surface area contributed by atoms with E-state index < -0.39 is 5.91 Å². The Labute approximate surface area is 117 Å². The Kier molecular flexibility index (Phi) is 2.97. The summed E-state index contributed by atoms with van der Waals surface area (Å²) in [6.07, 6.45) is 3.33. The van der Waals surface area contributed by atoms with Crippen molar-refractivity contribution in [2.45, 2.75) is 29.1 Å². The maximum Gasteiger partial charge on any atom is 0.344 e. The van der Waals surface area contributed by atoms with Crippen molar-refractivity contribution in [3.63, 3.8) is 0 Å². The molecule has 0 aliphatic heterocycles. The number of H-pyrrole nitrogens is 1. The van der Waals surface area contributed by atoms with Gasteiger partial charge in [-0.3, -0.25) is 9.36 Å². The first-order valence-electron chi connectivity index (χ1n) is 5.96. The van der Waals surface area contributed by atoms with Crippen molar-refractivity contribution in [3.05, 3.63) is 28.3 Å². The number of pyridine rings is 1. The molecule has 2 aromatic heterocycles. The van der Waals surface area contributed by atoms with Crippen LogP contribution in [0.4, 0.5) is 5.69 Å². The molecule has 9 heteroatoms. The van der Waals surface area contributed by atoms with E-state index in [0.29, 0.717) is 15.9 Å². The summed E-state index contributed by atoms with van der Waals surface area (Å²) in [5.74, 6) is -0.622. The van der Waals surface area contributed by atoms with Gasteiger partial charge in [-0.05, 0) is 30.7 Å². The van der Waals surface area contributed by atoms with Crippen molar-refractivity contribution in [3.8, 4) is 0 Å². The number of nitrogens with one attached hydrogen (secondary N) is 1. The number of nitrogen functional groups attached to an aromatic ring is 1. The normalized spacial score (nSPS) is 14.4. The third-order valence-electron chi connectivity index (χ3n) is 2.91. The van der Waals surface area contributed by atoms with E-state index >= 15 is 0 Å². The highest BCUT2D eigenvalue weighted by Gasteiger charge is 2.29. The molecule has 0 spiro atoms. The van der Waals surface area contributed by atoms with E-state index in [1.807, 2.05) is 0 Å². The number of aromatic amines is 1. The van der Waals surface area contributed by atoms with Crippen molar-refractivity contribution in [2.75, 3.05) is 5.73 Å². The van der Waals surface area contributed by atoms with Crippen LogP contribution in [0.1, 0.15) is 29.2 Å². The van der Waals surface area contributed by atoms with Crippen molar-refractivity contribution < 1.29 is 4.79 Å². The Morgan fingerprint density at radius 1 is 1.50 bits per heavy atom. The molecular weight excluding hydrogens is 280 g/mol. The van der Waals surface area contributed by atoms with E-state index in [9.17, 15) is 9.59 Å². The molecule has 1 saturated carbocycles. The van der Waals surface area contributed by atoms with Crippen LogP contribution in [0.3, 0.4) is 0 Å². The molecule has 0 radical (unpaired) electrons. The Morgan fingerprint density at radius 3 is 2.90 bits per heavy atom. The number of nitrogens with zero attached hydrogens (tertiary/aromatic N) is 3. The molecule has 20 heavy (non-hydrogen) atoms. The Bertz CT molecular complexity index is 733. The second-order valence-electron chi connectivity index (χ2n) is 4.50.